The number of nitrogens with two attached hydrogens (primary N) is 1. The lowest BCUT2D eigenvalue weighted by Gasteiger charge is -2.11. The Morgan fingerprint density at radius 2 is 2.14 bits per heavy atom. The van der Waals surface area contributed by atoms with Gasteiger partial charge in [-0.25, -0.2) is 0 Å². The lowest BCUT2D eigenvalue weighted by atomic mass is 10.0. The Kier molecular flexibility index (Phi) is 4.91. The van der Waals surface area contributed by atoms with Crippen molar-refractivity contribution < 1.29 is 0 Å². The smallest absolute Gasteiger partial charge is 0.0207 e. The summed E-state index contributed by atoms with van der Waals surface area (Å²) in [6.45, 7) is 3.69. The normalized spacial score (nSPS) is 12.4. The van der Waals surface area contributed by atoms with Crippen molar-refractivity contribution in [1.82, 2.24) is 0 Å². The molecule has 0 radical (unpaired) electrons. The number of hydrogen-bond acceptors (Lipinski definition) is 1. The molecular weight excluding hydrogens is 238 g/mol. The first kappa shape index (κ1) is 11.5. The summed E-state index contributed by atoms with van der Waals surface area (Å²) >= 11 is 3.52. The summed E-state index contributed by atoms with van der Waals surface area (Å²) in [4.78, 5) is 0. The molecule has 0 amide bonds. The number of benzene rings is 1. The summed E-state index contributed by atoms with van der Waals surface area (Å²) in [5, 5.41) is 0. The van der Waals surface area contributed by atoms with Crippen LogP contribution in [0, 0.1) is 0 Å². The van der Waals surface area contributed by atoms with E-state index in [1.807, 2.05) is 18.2 Å². The molecule has 0 bridgehead atoms. The number of allylic oxidation sites excluding steroid dienone is 1. The molecule has 2 N–H and O–H groups in total. The van der Waals surface area contributed by atoms with Crippen LogP contribution in [0.2, 0.25) is 0 Å². The number of rotatable bonds is 5. The van der Waals surface area contributed by atoms with Crippen molar-refractivity contribution in [2.24, 2.45) is 5.73 Å². The van der Waals surface area contributed by atoms with Crippen LogP contribution in [0.25, 0.3) is 0 Å². The maximum Gasteiger partial charge on any atom is 0.0207 e. The van der Waals surface area contributed by atoms with Crippen LogP contribution >= 0.6 is 15.9 Å². The molecule has 14 heavy (non-hydrogen) atoms. The Labute approximate surface area is 94.1 Å². The largest absolute Gasteiger partial charge is 0.327 e. The molecule has 0 aliphatic carbocycles. The molecule has 0 fully saturated rings. The van der Waals surface area contributed by atoms with E-state index in [2.05, 4.69) is 34.6 Å². The average Bonchev–Trinajstić information content (AvgIpc) is 2.18. The van der Waals surface area contributed by atoms with Gasteiger partial charge in [-0.2, -0.15) is 0 Å². The van der Waals surface area contributed by atoms with E-state index in [0.717, 1.165) is 23.7 Å². The minimum absolute atomic E-state index is 0.228. The Morgan fingerprint density at radius 1 is 1.43 bits per heavy atom. The molecule has 2 heteroatoms. The Morgan fingerprint density at radius 3 is 2.79 bits per heavy atom. The maximum atomic E-state index is 5.99. The van der Waals surface area contributed by atoms with Crippen molar-refractivity contribution in [2.45, 2.75) is 25.3 Å². The van der Waals surface area contributed by atoms with Crippen LogP contribution in [-0.4, -0.2) is 6.04 Å². The van der Waals surface area contributed by atoms with Gasteiger partial charge in [0.05, 0.1) is 0 Å². The third-order valence-electron chi connectivity index (χ3n) is 2.18. The van der Waals surface area contributed by atoms with E-state index in [4.69, 9.17) is 5.73 Å². The average molecular weight is 254 g/mol. The van der Waals surface area contributed by atoms with Gasteiger partial charge in [0.1, 0.15) is 0 Å². The number of hydrogen-bond donors (Lipinski definition) is 1. The van der Waals surface area contributed by atoms with E-state index in [0.29, 0.717) is 0 Å². The molecule has 0 aliphatic heterocycles. The van der Waals surface area contributed by atoms with Gasteiger partial charge >= 0.3 is 0 Å². The van der Waals surface area contributed by atoms with Crippen molar-refractivity contribution >= 4 is 15.9 Å². The van der Waals surface area contributed by atoms with E-state index in [9.17, 15) is 0 Å². The van der Waals surface area contributed by atoms with Gasteiger partial charge in [0.25, 0.3) is 0 Å². The van der Waals surface area contributed by atoms with Crippen molar-refractivity contribution in [3.05, 3.63) is 47.0 Å². The standard InChI is InChI=1S/C12H16BrN/c1-2-3-7-11(14)9-10-6-4-5-8-12(10)13/h2,4-6,8,11H,1,3,7,9,14H2/t11-/m1/s1. The summed E-state index contributed by atoms with van der Waals surface area (Å²) in [6.07, 6.45) is 4.84. The molecule has 0 unspecified atom stereocenters. The zero-order valence-corrected chi connectivity index (χ0v) is 9.83. The van der Waals surface area contributed by atoms with Crippen molar-refractivity contribution in [3.63, 3.8) is 0 Å². The van der Waals surface area contributed by atoms with Gasteiger partial charge in [-0.3, -0.25) is 0 Å². The fourth-order valence-electron chi connectivity index (χ4n) is 1.38. The predicted molar refractivity (Wildman–Crippen MR) is 65.3 cm³/mol. The van der Waals surface area contributed by atoms with Crippen LogP contribution in [0.1, 0.15) is 18.4 Å². The fraction of sp³-hybridized carbons (Fsp3) is 0.333. The Bertz CT molecular complexity index is 296. The summed E-state index contributed by atoms with van der Waals surface area (Å²) in [5.41, 5.74) is 7.27. The topological polar surface area (TPSA) is 26.0 Å². The van der Waals surface area contributed by atoms with E-state index < -0.39 is 0 Å². The van der Waals surface area contributed by atoms with Gasteiger partial charge < -0.3 is 5.73 Å². The van der Waals surface area contributed by atoms with E-state index in [-0.39, 0.29) is 6.04 Å². The fourth-order valence-corrected chi connectivity index (χ4v) is 1.83. The van der Waals surface area contributed by atoms with Crippen LogP contribution in [0.5, 0.6) is 0 Å². The molecule has 0 heterocycles. The summed E-state index contributed by atoms with van der Waals surface area (Å²) in [5.74, 6) is 0. The highest BCUT2D eigenvalue weighted by atomic mass is 79.9. The van der Waals surface area contributed by atoms with Gasteiger partial charge in [0.2, 0.25) is 0 Å². The molecule has 76 valence electrons. The maximum absolute atomic E-state index is 5.99. The lowest BCUT2D eigenvalue weighted by molar-refractivity contribution is 0.617. The van der Waals surface area contributed by atoms with Gasteiger partial charge in [-0.05, 0) is 30.9 Å². The molecule has 0 aliphatic rings. The van der Waals surface area contributed by atoms with Crippen LogP contribution < -0.4 is 5.73 Å². The quantitative estimate of drug-likeness (QED) is 0.802. The summed E-state index contributed by atoms with van der Waals surface area (Å²) < 4.78 is 1.15. The monoisotopic (exact) mass is 253 g/mol. The molecule has 0 saturated carbocycles. The minimum Gasteiger partial charge on any atom is -0.327 e. The SMILES string of the molecule is C=CCC[C@@H](N)Cc1ccccc1Br. The Hall–Kier alpha value is -0.600. The van der Waals surface area contributed by atoms with E-state index in [1.165, 1.54) is 5.56 Å². The highest BCUT2D eigenvalue weighted by Gasteiger charge is 2.05. The number of halogens is 1. The van der Waals surface area contributed by atoms with Crippen LogP contribution in [0.3, 0.4) is 0 Å². The van der Waals surface area contributed by atoms with Gasteiger partial charge in [0, 0.05) is 10.5 Å². The molecule has 0 spiro atoms. The van der Waals surface area contributed by atoms with Crippen molar-refractivity contribution in [2.75, 3.05) is 0 Å². The zero-order chi connectivity index (χ0) is 10.4. The van der Waals surface area contributed by atoms with Gasteiger partial charge in [0.15, 0.2) is 0 Å². The third kappa shape index (κ3) is 3.64. The molecule has 1 rings (SSSR count). The van der Waals surface area contributed by atoms with E-state index in [1.54, 1.807) is 0 Å². The zero-order valence-electron chi connectivity index (χ0n) is 8.25. The highest BCUT2D eigenvalue weighted by Crippen LogP contribution is 2.17. The molecule has 1 nitrogen and oxygen atoms in total. The molecule has 0 saturated heterocycles. The van der Waals surface area contributed by atoms with Crippen LogP contribution in [-0.2, 0) is 6.42 Å². The first-order valence-corrected chi connectivity index (χ1v) is 5.63. The third-order valence-corrected chi connectivity index (χ3v) is 2.96. The molecule has 1 atom stereocenters. The second-order valence-corrected chi connectivity index (χ2v) is 4.28. The van der Waals surface area contributed by atoms with E-state index >= 15 is 0 Å². The van der Waals surface area contributed by atoms with Crippen LogP contribution in [0.4, 0.5) is 0 Å². The second kappa shape index (κ2) is 5.99. The molecule has 1 aromatic carbocycles. The molecule has 0 aromatic heterocycles. The van der Waals surface area contributed by atoms with Gasteiger partial charge in [-0.1, -0.05) is 40.2 Å². The predicted octanol–water partition coefficient (Wildman–Crippen LogP) is 3.29. The summed E-state index contributed by atoms with van der Waals surface area (Å²) in [7, 11) is 0. The van der Waals surface area contributed by atoms with Crippen molar-refractivity contribution in [1.29, 1.82) is 0 Å². The Balaban J connectivity index is 2.51. The first-order chi connectivity index (χ1) is 6.74. The summed E-state index contributed by atoms with van der Waals surface area (Å²) in [6, 6.07) is 8.45. The lowest BCUT2D eigenvalue weighted by Crippen LogP contribution is -2.22. The van der Waals surface area contributed by atoms with Crippen molar-refractivity contribution in [3.8, 4) is 0 Å². The molecular formula is C12H16BrN. The van der Waals surface area contributed by atoms with Crippen LogP contribution in [0.15, 0.2) is 41.4 Å². The van der Waals surface area contributed by atoms with Gasteiger partial charge in [-0.15, -0.1) is 6.58 Å². The minimum atomic E-state index is 0.228. The second-order valence-electron chi connectivity index (χ2n) is 3.42. The molecule has 1 aromatic rings. The highest BCUT2D eigenvalue weighted by molar-refractivity contribution is 9.10. The first-order valence-electron chi connectivity index (χ1n) is 4.84.